The van der Waals surface area contributed by atoms with E-state index in [-0.39, 0.29) is 12.1 Å². The summed E-state index contributed by atoms with van der Waals surface area (Å²) in [6.07, 6.45) is 6.58. The third kappa shape index (κ3) is 4.67. The van der Waals surface area contributed by atoms with Crippen molar-refractivity contribution in [3.05, 3.63) is 0 Å². The molecule has 2 N–H and O–H groups in total. The SMILES string of the molecule is CC(C)NC(CO)(CN1CCCC(C(C)C)CC1)C1CC1. The molecular formula is C18H36N2O. The second kappa shape index (κ2) is 7.43. The summed E-state index contributed by atoms with van der Waals surface area (Å²) in [4.78, 5) is 2.62. The van der Waals surface area contributed by atoms with E-state index in [9.17, 15) is 5.11 Å². The summed E-state index contributed by atoms with van der Waals surface area (Å²) in [6.45, 7) is 12.8. The monoisotopic (exact) mass is 296 g/mol. The van der Waals surface area contributed by atoms with Crippen LogP contribution in [0.15, 0.2) is 0 Å². The molecule has 2 atom stereocenters. The maximum atomic E-state index is 10.1. The topological polar surface area (TPSA) is 35.5 Å². The van der Waals surface area contributed by atoms with Crippen molar-refractivity contribution in [1.82, 2.24) is 10.2 Å². The summed E-state index contributed by atoms with van der Waals surface area (Å²) < 4.78 is 0. The number of aliphatic hydroxyl groups is 1. The highest BCUT2D eigenvalue weighted by Gasteiger charge is 2.46. The molecule has 0 aromatic rings. The summed E-state index contributed by atoms with van der Waals surface area (Å²) in [5.74, 6) is 2.37. The van der Waals surface area contributed by atoms with E-state index in [0.29, 0.717) is 12.0 Å². The normalized spacial score (nSPS) is 27.9. The standard InChI is InChI=1S/C18H36N2O/c1-14(2)16-6-5-10-20(11-9-16)12-18(13-21,17-7-8-17)19-15(3)4/h14-17,19,21H,5-13H2,1-4H3. The molecule has 124 valence electrons. The zero-order valence-electron chi connectivity index (χ0n) is 14.6. The molecule has 0 radical (unpaired) electrons. The molecule has 2 rings (SSSR count). The van der Waals surface area contributed by atoms with Crippen LogP contribution in [-0.4, -0.2) is 47.8 Å². The van der Waals surface area contributed by atoms with Gasteiger partial charge >= 0.3 is 0 Å². The van der Waals surface area contributed by atoms with Crippen LogP contribution in [0, 0.1) is 17.8 Å². The van der Waals surface area contributed by atoms with Gasteiger partial charge in [0.2, 0.25) is 0 Å². The first kappa shape index (κ1) is 17.2. The third-order valence-corrected chi connectivity index (χ3v) is 5.53. The highest BCUT2D eigenvalue weighted by atomic mass is 16.3. The Morgan fingerprint density at radius 3 is 2.33 bits per heavy atom. The van der Waals surface area contributed by atoms with Crippen molar-refractivity contribution in [2.24, 2.45) is 17.8 Å². The average molecular weight is 296 g/mol. The predicted octanol–water partition coefficient (Wildman–Crippen LogP) is 2.88. The highest BCUT2D eigenvalue weighted by molar-refractivity contribution is 5.03. The molecule has 2 aliphatic rings. The Morgan fingerprint density at radius 2 is 1.81 bits per heavy atom. The van der Waals surface area contributed by atoms with Crippen LogP contribution in [0.1, 0.15) is 59.8 Å². The van der Waals surface area contributed by atoms with Crippen molar-refractivity contribution in [2.75, 3.05) is 26.2 Å². The molecule has 0 aromatic carbocycles. The predicted molar refractivity (Wildman–Crippen MR) is 89.4 cm³/mol. The second-order valence-corrected chi connectivity index (χ2v) is 8.10. The third-order valence-electron chi connectivity index (χ3n) is 5.53. The van der Waals surface area contributed by atoms with E-state index >= 15 is 0 Å². The lowest BCUT2D eigenvalue weighted by molar-refractivity contribution is 0.0840. The molecule has 0 aromatic heterocycles. The van der Waals surface area contributed by atoms with Gasteiger partial charge in [-0.3, -0.25) is 0 Å². The van der Waals surface area contributed by atoms with Crippen LogP contribution in [0.3, 0.4) is 0 Å². The van der Waals surface area contributed by atoms with Crippen LogP contribution in [-0.2, 0) is 0 Å². The van der Waals surface area contributed by atoms with Crippen molar-refractivity contribution >= 4 is 0 Å². The van der Waals surface area contributed by atoms with Crippen LogP contribution in [0.4, 0.5) is 0 Å². The van der Waals surface area contributed by atoms with Crippen LogP contribution in [0.2, 0.25) is 0 Å². The van der Waals surface area contributed by atoms with E-state index in [0.717, 1.165) is 18.4 Å². The van der Waals surface area contributed by atoms with Gasteiger partial charge in [-0.1, -0.05) is 27.7 Å². The molecule has 1 aliphatic carbocycles. The van der Waals surface area contributed by atoms with Gasteiger partial charge < -0.3 is 15.3 Å². The van der Waals surface area contributed by atoms with Crippen LogP contribution < -0.4 is 5.32 Å². The van der Waals surface area contributed by atoms with Gasteiger partial charge in [-0.05, 0) is 62.9 Å². The molecule has 3 nitrogen and oxygen atoms in total. The number of rotatable bonds is 7. The molecule has 0 amide bonds. The minimum absolute atomic E-state index is 0.0637. The van der Waals surface area contributed by atoms with E-state index in [2.05, 4.69) is 37.9 Å². The van der Waals surface area contributed by atoms with Gasteiger partial charge in [-0.15, -0.1) is 0 Å². The van der Waals surface area contributed by atoms with Crippen LogP contribution in [0.5, 0.6) is 0 Å². The van der Waals surface area contributed by atoms with Gasteiger partial charge in [-0.2, -0.15) is 0 Å². The lowest BCUT2D eigenvalue weighted by atomic mass is 9.89. The molecule has 2 fully saturated rings. The molecular weight excluding hydrogens is 260 g/mol. The minimum atomic E-state index is -0.0637. The summed E-state index contributed by atoms with van der Waals surface area (Å²) in [5, 5.41) is 13.8. The number of hydrogen-bond donors (Lipinski definition) is 2. The van der Waals surface area contributed by atoms with E-state index in [4.69, 9.17) is 0 Å². The van der Waals surface area contributed by atoms with Gasteiger partial charge in [0.15, 0.2) is 0 Å². The summed E-state index contributed by atoms with van der Waals surface area (Å²) in [6, 6.07) is 0.438. The smallest absolute Gasteiger partial charge is 0.0628 e. The van der Waals surface area contributed by atoms with E-state index < -0.39 is 0 Å². The minimum Gasteiger partial charge on any atom is -0.394 e. The second-order valence-electron chi connectivity index (χ2n) is 8.10. The lowest BCUT2D eigenvalue weighted by Gasteiger charge is -2.39. The van der Waals surface area contributed by atoms with Gasteiger partial charge in [-0.25, -0.2) is 0 Å². The fraction of sp³-hybridized carbons (Fsp3) is 1.00. The fourth-order valence-corrected chi connectivity index (χ4v) is 4.13. The first-order valence-electron chi connectivity index (χ1n) is 9.08. The van der Waals surface area contributed by atoms with E-state index in [1.165, 1.54) is 45.2 Å². The molecule has 1 saturated carbocycles. The van der Waals surface area contributed by atoms with Crippen LogP contribution >= 0.6 is 0 Å². The number of nitrogens with one attached hydrogen (secondary N) is 1. The van der Waals surface area contributed by atoms with Gasteiger partial charge in [0, 0.05) is 12.6 Å². The number of likely N-dealkylation sites (tertiary alicyclic amines) is 1. The van der Waals surface area contributed by atoms with E-state index in [1.54, 1.807) is 0 Å². The van der Waals surface area contributed by atoms with Crippen molar-refractivity contribution in [1.29, 1.82) is 0 Å². The first-order valence-corrected chi connectivity index (χ1v) is 9.08. The number of nitrogens with zero attached hydrogens (tertiary/aromatic N) is 1. The summed E-state index contributed by atoms with van der Waals surface area (Å²) in [7, 11) is 0. The average Bonchev–Trinajstić information content (AvgIpc) is 3.24. The van der Waals surface area contributed by atoms with Gasteiger partial charge in [0.1, 0.15) is 0 Å². The Kier molecular flexibility index (Phi) is 6.10. The maximum absolute atomic E-state index is 10.1. The Bertz CT molecular complexity index is 314. The largest absolute Gasteiger partial charge is 0.394 e. The molecule has 3 heteroatoms. The Morgan fingerprint density at radius 1 is 1.10 bits per heavy atom. The first-order chi connectivity index (χ1) is 9.97. The zero-order valence-corrected chi connectivity index (χ0v) is 14.6. The van der Waals surface area contributed by atoms with Gasteiger partial charge in [0.25, 0.3) is 0 Å². The molecule has 2 unspecified atom stereocenters. The fourth-order valence-electron chi connectivity index (χ4n) is 4.13. The summed E-state index contributed by atoms with van der Waals surface area (Å²) >= 11 is 0. The quantitative estimate of drug-likeness (QED) is 0.758. The Balaban J connectivity index is 1.96. The molecule has 0 bridgehead atoms. The zero-order chi connectivity index (χ0) is 15.5. The van der Waals surface area contributed by atoms with Crippen molar-refractivity contribution in [3.8, 4) is 0 Å². The molecule has 1 heterocycles. The maximum Gasteiger partial charge on any atom is 0.0628 e. The van der Waals surface area contributed by atoms with Crippen molar-refractivity contribution < 1.29 is 5.11 Å². The molecule has 21 heavy (non-hydrogen) atoms. The molecule has 0 spiro atoms. The molecule has 1 saturated heterocycles. The lowest BCUT2D eigenvalue weighted by Crippen LogP contribution is -2.60. The van der Waals surface area contributed by atoms with Crippen LogP contribution in [0.25, 0.3) is 0 Å². The number of hydrogen-bond acceptors (Lipinski definition) is 3. The van der Waals surface area contributed by atoms with Crippen molar-refractivity contribution in [3.63, 3.8) is 0 Å². The number of aliphatic hydroxyl groups excluding tert-OH is 1. The van der Waals surface area contributed by atoms with Gasteiger partial charge in [0.05, 0.1) is 12.1 Å². The Hall–Kier alpha value is -0.120. The highest BCUT2D eigenvalue weighted by Crippen LogP contribution is 2.40. The Labute approximate surface area is 131 Å². The molecule has 1 aliphatic heterocycles. The summed E-state index contributed by atoms with van der Waals surface area (Å²) in [5.41, 5.74) is -0.0637. The van der Waals surface area contributed by atoms with Crippen molar-refractivity contribution in [2.45, 2.75) is 71.4 Å². The van der Waals surface area contributed by atoms with E-state index in [1.807, 2.05) is 0 Å².